The van der Waals surface area contributed by atoms with Gasteiger partial charge in [-0.3, -0.25) is 0 Å². The van der Waals surface area contributed by atoms with Crippen LogP contribution in [0.1, 0.15) is 6.92 Å². The average Bonchev–Trinajstić information content (AvgIpc) is 2.15. The first-order chi connectivity index (χ1) is 6.33. The Hall–Kier alpha value is -1.29. The Kier molecular flexibility index (Phi) is 4.05. The molecule has 1 heterocycles. The van der Waals surface area contributed by atoms with Gasteiger partial charge in [0.1, 0.15) is 6.61 Å². The van der Waals surface area contributed by atoms with Gasteiger partial charge < -0.3 is 15.8 Å². The van der Waals surface area contributed by atoms with Crippen molar-refractivity contribution in [2.45, 2.75) is 6.92 Å². The minimum Gasteiger partial charge on any atom is -0.476 e. The molecule has 4 nitrogen and oxygen atoms in total. The number of nitrogen functional groups attached to an aromatic ring is 1. The summed E-state index contributed by atoms with van der Waals surface area (Å²) >= 11 is 0. The van der Waals surface area contributed by atoms with Gasteiger partial charge in [0.2, 0.25) is 5.88 Å². The van der Waals surface area contributed by atoms with E-state index >= 15 is 0 Å². The van der Waals surface area contributed by atoms with E-state index in [1.807, 2.05) is 0 Å². The van der Waals surface area contributed by atoms with Crippen molar-refractivity contribution in [2.24, 2.45) is 0 Å². The highest BCUT2D eigenvalue weighted by molar-refractivity contribution is 5.35. The van der Waals surface area contributed by atoms with E-state index in [0.717, 1.165) is 13.1 Å². The molecule has 0 fully saturated rings. The number of hydrogen-bond donors (Lipinski definition) is 2. The van der Waals surface area contributed by atoms with E-state index in [0.29, 0.717) is 18.2 Å². The van der Waals surface area contributed by atoms with Gasteiger partial charge in [0.25, 0.3) is 0 Å². The summed E-state index contributed by atoms with van der Waals surface area (Å²) in [6.45, 7) is 4.48. The standard InChI is InChI=1S/C9H15N3O/c1-2-11-5-6-13-9-4-3-8(10)7-12-9/h3-4,7,11H,2,5-6,10H2,1H3. The summed E-state index contributed by atoms with van der Waals surface area (Å²) < 4.78 is 5.33. The number of likely N-dealkylation sites (N-methyl/N-ethyl adjacent to an activating group) is 1. The minimum absolute atomic E-state index is 0.618. The highest BCUT2D eigenvalue weighted by Gasteiger charge is 1.93. The first-order valence-corrected chi connectivity index (χ1v) is 4.38. The summed E-state index contributed by atoms with van der Waals surface area (Å²) in [4.78, 5) is 4.00. The number of nitrogens with two attached hydrogens (primary N) is 1. The number of hydrogen-bond acceptors (Lipinski definition) is 4. The van der Waals surface area contributed by atoms with Crippen molar-refractivity contribution in [2.75, 3.05) is 25.4 Å². The Morgan fingerprint density at radius 3 is 3.00 bits per heavy atom. The maximum Gasteiger partial charge on any atom is 0.213 e. The molecule has 3 N–H and O–H groups in total. The molecule has 1 aromatic rings. The molecule has 0 unspecified atom stereocenters. The third kappa shape index (κ3) is 3.75. The summed E-state index contributed by atoms with van der Waals surface area (Å²) in [5.74, 6) is 0.618. The lowest BCUT2D eigenvalue weighted by Crippen LogP contribution is -2.20. The van der Waals surface area contributed by atoms with Crippen molar-refractivity contribution in [1.29, 1.82) is 0 Å². The second-order valence-corrected chi connectivity index (χ2v) is 2.63. The number of anilines is 1. The van der Waals surface area contributed by atoms with Crippen LogP contribution >= 0.6 is 0 Å². The predicted octanol–water partition coefficient (Wildman–Crippen LogP) is 0.652. The third-order valence-corrected chi connectivity index (χ3v) is 1.54. The Labute approximate surface area is 78.1 Å². The quantitative estimate of drug-likeness (QED) is 0.655. The van der Waals surface area contributed by atoms with Crippen molar-refractivity contribution in [3.63, 3.8) is 0 Å². The van der Waals surface area contributed by atoms with Gasteiger partial charge in [-0.1, -0.05) is 6.92 Å². The number of ether oxygens (including phenoxy) is 1. The van der Waals surface area contributed by atoms with Gasteiger partial charge in [-0.05, 0) is 12.6 Å². The van der Waals surface area contributed by atoms with Gasteiger partial charge in [-0.15, -0.1) is 0 Å². The zero-order valence-corrected chi connectivity index (χ0v) is 7.79. The van der Waals surface area contributed by atoms with Crippen LogP contribution in [0.25, 0.3) is 0 Å². The molecule has 72 valence electrons. The fraction of sp³-hybridized carbons (Fsp3) is 0.444. The lowest BCUT2D eigenvalue weighted by Gasteiger charge is -2.04. The fourth-order valence-corrected chi connectivity index (χ4v) is 0.882. The van der Waals surface area contributed by atoms with Crippen LogP contribution in [0, 0.1) is 0 Å². The molecule has 13 heavy (non-hydrogen) atoms. The van der Waals surface area contributed by atoms with Gasteiger partial charge >= 0.3 is 0 Å². The van der Waals surface area contributed by atoms with E-state index in [1.165, 1.54) is 0 Å². The SMILES string of the molecule is CCNCCOc1ccc(N)cn1. The molecule has 1 aromatic heterocycles. The molecule has 0 saturated carbocycles. The molecule has 0 bridgehead atoms. The monoisotopic (exact) mass is 181 g/mol. The van der Waals surface area contributed by atoms with Crippen molar-refractivity contribution < 1.29 is 4.74 Å². The second-order valence-electron chi connectivity index (χ2n) is 2.63. The second kappa shape index (κ2) is 5.37. The van der Waals surface area contributed by atoms with Crippen LogP contribution in [0.4, 0.5) is 5.69 Å². The van der Waals surface area contributed by atoms with Crippen LogP contribution < -0.4 is 15.8 Å². The lowest BCUT2D eigenvalue weighted by molar-refractivity contribution is 0.304. The van der Waals surface area contributed by atoms with Crippen LogP contribution in [0.5, 0.6) is 5.88 Å². The fourth-order valence-electron chi connectivity index (χ4n) is 0.882. The highest BCUT2D eigenvalue weighted by Crippen LogP contribution is 2.07. The zero-order valence-electron chi connectivity index (χ0n) is 7.79. The van der Waals surface area contributed by atoms with E-state index in [9.17, 15) is 0 Å². The molecule has 0 spiro atoms. The lowest BCUT2D eigenvalue weighted by atomic mass is 10.4. The number of pyridine rings is 1. The number of nitrogens with zero attached hydrogens (tertiary/aromatic N) is 1. The van der Waals surface area contributed by atoms with Gasteiger partial charge in [0, 0.05) is 12.6 Å². The number of rotatable bonds is 5. The molecule has 0 aliphatic heterocycles. The van der Waals surface area contributed by atoms with E-state index in [1.54, 1.807) is 18.3 Å². The summed E-state index contributed by atoms with van der Waals surface area (Å²) in [6, 6.07) is 3.54. The van der Waals surface area contributed by atoms with E-state index in [-0.39, 0.29) is 0 Å². The first-order valence-electron chi connectivity index (χ1n) is 4.38. The van der Waals surface area contributed by atoms with Gasteiger partial charge in [-0.25, -0.2) is 4.98 Å². The summed E-state index contributed by atoms with van der Waals surface area (Å²) in [5, 5.41) is 3.15. The maximum absolute atomic E-state index is 5.47. The van der Waals surface area contributed by atoms with E-state index in [4.69, 9.17) is 10.5 Å². The van der Waals surface area contributed by atoms with Gasteiger partial charge in [0.05, 0.1) is 11.9 Å². The van der Waals surface area contributed by atoms with Crippen molar-refractivity contribution in [3.05, 3.63) is 18.3 Å². The maximum atomic E-state index is 5.47. The van der Waals surface area contributed by atoms with Crippen LogP contribution in [0.15, 0.2) is 18.3 Å². The molecule has 0 aromatic carbocycles. The molecule has 0 aliphatic rings. The predicted molar refractivity (Wildman–Crippen MR) is 52.7 cm³/mol. The average molecular weight is 181 g/mol. The minimum atomic E-state index is 0.618. The first kappa shape index (κ1) is 9.80. The van der Waals surface area contributed by atoms with Crippen LogP contribution in [-0.4, -0.2) is 24.7 Å². The summed E-state index contributed by atoms with van der Waals surface area (Å²) in [6.07, 6.45) is 1.59. The van der Waals surface area contributed by atoms with Crippen LogP contribution in [0.2, 0.25) is 0 Å². The van der Waals surface area contributed by atoms with Crippen molar-refractivity contribution in [1.82, 2.24) is 10.3 Å². The normalized spacial score (nSPS) is 9.92. The number of nitrogens with one attached hydrogen (secondary N) is 1. The Morgan fingerprint density at radius 1 is 1.54 bits per heavy atom. The largest absolute Gasteiger partial charge is 0.476 e. The molecule has 0 atom stereocenters. The zero-order chi connectivity index (χ0) is 9.52. The molecular formula is C9H15N3O. The van der Waals surface area contributed by atoms with E-state index < -0.39 is 0 Å². The Balaban J connectivity index is 2.25. The van der Waals surface area contributed by atoms with Gasteiger partial charge in [0.15, 0.2) is 0 Å². The van der Waals surface area contributed by atoms with Crippen LogP contribution in [-0.2, 0) is 0 Å². The number of aromatic nitrogens is 1. The molecule has 0 amide bonds. The molecule has 4 heteroatoms. The highest BCUT2D eigenvalue weighted by atomic mass is 16.5. The Morgan fingerprint density at radius 2 is 2.38 bits per heavy atom. The molecule has 1 rings (SSSR count). The summed E-state index contributed by atoms with van der Waals surface area (Å²) in [5.41, 5.74) is 6.12. The van der Waals surface area contributed by atoms with E-state index in [2.05, 4.69) is 17.2 Å². The van der Waals surface area contributed by atoms with Gasteiger partial charge in [-0.2, -0.15) is 0 Å². The smallest absolute Gasteiger partial charge is 0.213 e. The molecular weight excluding hydrogens is 166 g/mol. The van der Waals surface area contributed by atoms with Crippen LogP contribution in [0.3, 0.4) is 0 Å². The third-order valence-electron chi connectivity index (χ3n) is 1.54. The molecule has 0 radical (unpaired) electrons. The Bertz CT molecular complexity index is 235. The van der Waals surface area contributed by atoms with Crippen molar-refractivity contribution in [3.8, 4) is 5.88 Å². The molecule has 0 aliphatic carbocycles. The van der Waals surface area contributed by atoms with Crippen molar-refractivity contribution >= 4 is 5.69 Å². The molecule has 0 saturated heterocycles. The summed E-state index contributed by atoms with van der Waals surface area (Å²) in [7, 11) is 0. The topological polar surface area (TPSA) is 60.2 Å².